The molecule has 1 aliphatic heterocycles. The van der Waals surface area contributed by atoms with Gasteiger partial charge < -0.3 is 9.47 Å². The fraction of sp³-hybridized carbons (Fsp3) is 0.364. The van der Waals surface area contributed by atoms with E-state index in [0.29, 0.717) is 24.4 Å². The van der Waals surface area contributed by atoms with Crippen LogP contribution in [-0.4, -0.2) is 51.3 Å². The monoisotopic (exact) mass is 431 g/mol. The Balaban J connectivity index is 1.64. The molecule has 0 unspecified atom stereocenters. The zero-order valence-corrected chi connectivity index (χ0v) is 17.7. The van der Waals surface area contributed by atoms with Crippen LogP contribution in [0.1, 0.15) is 46.4 Å². The first kappa shape index (κ1) is 22.0. The summed E-state index contributed by atoms with van der Waals surface area (Å²) in [6.07, 6.45) is 3.77. The Morgan fingerprint density at radius 2 is 1.57 bits per heavy atom. The van der Waals surface area contributed by atoms with Crippen molar-refractivity contribution in [2.75, 3.05) is 26.8 Å². The summed E-state index contributed by atoms with van der Waals surface area (Å²) in [6, 6.07) is 12.3. The second-order valence-corrected chi connectivity index (χ2v) is 8.98. The molecule has 0 bridgehead atoms. The number of para-hydroxylation sites is 1. The summed E-state index contributed by atoms with van der Waals surface area (Å²) in [5, 5.41) is 0. The number of carbonyl (C=O) groups excluding carboxylic acids is 2. The van der Waals surface area contributed by atoms with Crippen LogP contribution in [0, 0.1) is 0 Å². The molecular formula is C22H25NO6S. The number of hydrogen-bond acceptors (Lipinski definition) is 6. The van der Waals surface area contributed by atoms with Crippen LogP contribution in [0.15, 0.2) is 53.4 Å². The molecular weight excluding hydrogens is 406 g/mol. The number of nitrogens with zero attached hydrogens (tertiary/aromatic N) is 1. The van der Waals surface area contributed by atoms with Crippen molar-refractivity contribution >= 4 is 21.8 Å². The summed E-state index contributed by atoms with van der Waals surface area (Å²) in [4.78, 5) is 24.7. The molecule has 0 saturated carbocycles. The van der Waals surface area contributed by atoms with Gasteiger partial charge in [-0.05, 0) is 49.2 Å². The lowest BCUT2D eigenvalue weighted by Gasteiger charge is -2.20. The highest BCUT2D eigenvalue weighted by Crippen LogP contribution is 2.21. The van der Waals surface area contributed by atoms with Gasteiger partial charge in [-0.2, -0.15) is 4.31 Å². The van der Waals surface area contributed by atoms with Crippen molar-refractivity contribution in [2.24, 2.45) is 0 Å². The molecule has 0 aromatic heterocycles. The standard InChI is InChI=1S/C22H25NO6S/c1-28-21-9-5-4-8-19(21)20(24)16-29-22(25)17-10-12-18(13-11-17)30(26,27)23-14-6-2-3-7-15-23/h4-5,8-13H,2-3,6-7,14-16H2,1H3. The predicted molar refractivity (Wildman–Crippen MR) is 111 cm³/mol. The molecule has 8 heteroatoms. The zero-order valence-electron chi connectivity index (χ0n) is 16.9. The number of methoxy groups -OCH3 is 1. The quantitative estimate of drug-likeness (QED) is 0.494. The largest absolute Gasteiger partial charge is 0.496 e. The Bertz CT molecular complexity index is 993. The minimum absolute atomic E-state index is 0.144. The van der Waals surface area contributed by atoms with Crippen LogP contribution in [0.4, 0.5) is 0 Å². The van der Waals surface area contributed by atoms with E-state index in [4.69, 9.17) is 9.47 Å². The van der Waals surface area contributed by atoms with Crippen LogP contribution in [0.3, 0.4) is 0 Å². The van der Waals surface area contributed by atoms with Crippen LogP contribution >= 0.6 is 0 Å². The molecule has 2 aromatic rings. The van der Waals surface area contributed by atoms with Crippen LogP contribution in [0.2, 0.25) is 0 Å². The van der Waals surface area contributed by atoms with Gasteiger partial charge in [-0.1, -0.05) is 25.0 Å². The minimum atomic E-state index is -3.58. The molecule has 0 aliphatic carbocycles. The Morgan fingerprint density at radius 1 is 0.933 bits per heavy atom. The molecule has 160 valence electrons. The third-order valence-electron chi connectivity index (χ3n) is 5.03. The third-order valence-corrected chi connectivity index (χ3v) is 6.95. The Hall–Kier alpha value is -2.71. The number of ketones is 1. The summed E-state index contributed by atoms with van der Waals surface area (Å²) in [7, 11) is -2.13. The molecule has 0 atom stereocenters. The maximum absolute atomic E-state index is 12.8. The lowest BCUT2D eigenvalue weighted by molar-refractivity contribution is 0.0474. The van der Waals surface area contributed by atoms with Gasteiger partial charge in [0, 0.05) is 13.1 Å². The van der Waals surface area contributed by atoms with Gasteiger partial charge in [0.25, 0.3) is 0 Å². The van der Waals surface area contributed by atoms with Crippen LogP contribution < -0.4 is 4.74 Å². The van der Waals surface area contributed by atoms with E-state index in [1.807, 2.05) is 0 Å². The molecule has 1 heterocycles. The predicted octanol–water partition coefficient (Wildman–Crippen LogP) is 3.30. The molecule has 0 spiro atoms. The molecule has 0 radical (unpaired) electrons. The summed E-state index contributed by atoms with van der Waals surface area (Å²) in [5.41, 5.74) is 0.504. The molecule has 1 fully saturated rings. The van der Waals surface area contributed by atoms with Gasteiger partial charge in [-0.25, -0.2) is 13.2 Å². The fourth-order valence-electron chi connectivity index (χ4n) is 3.36. The number of carbonyl (C=O) groups is 2. The number of esters is 1. The van der Waals surface area contributed by atoms with Crippen molar-refractivity contribution in [1.82, 2.24) is 4.31 Å². The summed E-state index contributed by atoms with van der Waals surface area (Å²) in [5.74, 6) is -0.681. The number of sulfonamides is 1. The lowest BCUT2D eigenvalue weighted by Crippen LogP contribution is -2.31. The SMILES string of the molecule is COc1ccccc1C(=O)COC(=O)c1ccc(S(=O)(=O)N2CCCCCC2)cc1. The van der Waals surface area contributed by atoms with E-state index in [2.05, 4.69) is 0 Å². The molecule has 7 nitrogen and oxygen atoms in total. The molecule has 2 aromatic carbocycles. The van der Waals surface area contributed by atoms with Crippen molar-refractivity contribution in [1.29, 1.82) is 0 Å². The first-order valence-corrected chi connectivity index (χ1v) is 11.3. The topological polar surface area (TPSA) is 90.0 Å². The van der Waals surface area contributed by atoms with E-state index in [1.165, 1.54) is 35.7 Å². The normalized spacial score (nSPS) is 15.2. The Morgan fingerprint density at radius 3 is 2.20 bits per heavy atom. The first-order chi connectivity index (χ1) is 14.4. The van der Waals surface area contributed by atoms with E-state index in [-0.39, 0.29) is 16.2 Å². The second kappa shape index (κ2) is 9.86. The molecule has 0 amide bonds. The molecule has 1 aliphatic rings. The molecule has 0 N–H and O–H groups in total. The van der Waals surface area contributed by atoms with E-state index in [9.17, 15) is 18.0 Å². The van der Waals surface area contributed by atoms with Gasteiger partial charge in [0.15, 0.2) is 6.61 Å². The van der Waals surface area contributed by atoms with E-state index < -0.39 is 22.6 Å². The Kier molecular flexibility index (Phi) is 7.23. The van der Waals surface area contributed by atoms with Crippen LogP contribution in [0.5, 0.6) is 5.75 Å². The van der Waals surface area contributed by atoms with Crippen molar-refractivity contribution in [3.63, 3.8) is 0 Å². The molecule has 30 heavy (non-hydrogen) atoms. The smallest absolute Gasteiger partial charge is 0.338 e. The maximum Gasteiger partial charge on any atom is 0.338 e. The minimum Gasteiger partial charge on any atom is -0.496 e. The molecule has 1 saturated heterocycles. The number of Topliss-reactive ketones (excluding diaryl/α,β-unsaturated/α-hetero) is 1. The maximum atomic E-state index is 12.8. The highest BCUT2D eigenvalue weighted by atomic mass is 32.2. The highest BCUT2D eigenvalue weighted by Gasteiger charge is 2.25. The van der Waals surface area contributed by atoms with Crippen molar-refractivity contribution in [2.45, 2.75) is 30.6 Å². The lowest BCUT2D eigenvalue weighted by atomic mass is 10.1. The van der Waals surface area contributed by atoms with Gasteiger partial charge in [-0.3, -0.25) is 4.79 Å². The average molecular weight is 432 g/mol. The van der Waals surface area contributed by atoms with Gasteiger partial charge >= 0.3 is 5.97 Å². The first-order valence-electron chi connectivity index (χ1n) is 9.87. The number of hydrogen-bond donors (Lipinski definition) is 0. The summed E-state index contributed by atoms with van der Waals surface area (Å²) < 4.78 is 37.3. The average Bonchev–Trinajstić information content (AvgIpc) is 3.07. The van der Waals surface area contributed by atoms with Crippen LogP contribution in [0.25, 0.3) is 0 Å². The Labute approximate surface area is 176 Å². The van der Waals surface area contributed by atoms with E-state index in [0.717, 1.165) is 25.7 Å². The van der Waals surface area contributed by atoms with Crippen molar-refractivity contribution < 1.29 is 27.5 Å². The van der Waals surface area contributed by atoms with Crippen LogP contribution in [-0.2, 0) is 14.8 Å². The van der Waals surface area contributed by atoms with E-state index in [1.54, 1.807) is 24.3 Å². The second-order valence-electron chi connectivity index (χ2n) is 7.04. The molecule has 3 rings (SSSR count). The van der Waals surface area contributed by atoms with E-state index >= 15 is 0 Å². The number of rotatable bonds is 7. The van der Waals surface area contributed by atoms with Gasteiger partial charge in [0.1, 0.15) is 5.75 Å². The van der Waals surface area contributed by atoms with Gasteiger partial charge in [-0.15, -0.1) is 0 Å². The fourth-order valence-corrected chi connectivity index (χ4v) is 4.88. The van der Waals surface area contributed by atoms with Crippen molar-refractivity contribution in [3.8, 4) is 5.75 Å². The zero-order chi connectivity index (χ0) is 21.6. The van der Waals surface area contributed by atoms with Crippen molar-refractivity contribution in [3.05, 3.63) is 59.7 Å². The highest BCUT2D eigenvalue weighted by molar-refractivity contribution is 7.89. The summed E-state index contributed by atoms with van der Waals surface area (Å²) >= 11 is 0. The number of benzene rings is 2. The summed E-state index contributed by atoms with van der Waals surface area (Å²) in [6.45, 7) is 0.585. The van der Waals surface area contributed by atoms with Gasteiger partial charge in [0.05, 0.1) is 23.1 Å². The number of ether oxygens (including phenoxy) is 2. The van der Waals surface area contributed by atoms with Gasteiger partial charge in [0.2, 0.25) is 15.8 Å². The third kappa shape index (κ3) is 5.06.